The molecule has 0 spiro atoms. The van der Waals surface area contributed by atoms with Crippen molar-refractivity contribution in [2.24, 2.45) is 0 Å². The van der Waals surface area contributed by atoms with E-state index in [9.17, 15) is 0 Å². The Bertz CT molecular complexity index is 619. The minimum absolute atomic E-state index is 0.539. The quantitative estimate of drug-likeness (QED) is 0.832. The van der Waals surface area contributed by atoms with Crippen molar-refractivity contribution in [2.75, 3.05) is 11.9 Å². The maximum atomic E-state index is 9.08. The Kier molecular flexibility index (Phi) is 3.69. The zero-order chi connectivity index (χ0) is 12.4. The molecule has 17 heavy (non-hydrogen) atoms. The van der Waals surface area contributed by atoms with Gasteiger partial charge in [-0.2, -0.15) is 5.26 Å². The Morgan fingerprint density at radius 1 is 1.53 bits per heavy atom. The van der Waals surface area contributed by atoms with E-state index in [-0.39, 0.29) is 0 Å². The molecule has 0 saturated carbocycles. The summed E-state index contributed by atoms with van der Waals surface area (Å²) in [6, 6.07) is 5.98. The molecule has 0 aliphatic heterocycles. The number of pyridine rings is 1. The van der Waals surface area contributed by atoms with Gasteiger partial charge >= 0.3 is 0 Å². The molecule has 1 N–H and O–H groups in total. The summed E-state index contributed by atoms with van der Waals surface area (Å²) in [5.41, 5.74) is 2.07. The SMILES string of the molecule is CCNc1c(C#N)cnc2c(Cl)cc(I)cc12. The lowest BCUT2D eigenvalue weighted by Gasteiger charge is -2.10. The predicted octanol–water partition coefficient (Wildman–Crippen LogP) is 3.80. The van der Waals surface area contributed by atoms with Crippen LogP contribution in [-0.4, -0.2) is 11.5 Å². The standard InChI is InChI=1S/C12H9ClIN3/c1-2-16-11-7(5-15)6-17-12-9(11)3-8(14)4-10(12)13/h3-4,6H,2H2,1H3,(H,16,17). The maximum Gasteiger partial charge on any atom is 0.103 e. The van der Waals surface area contributed by atoms with Crippen LogP contribution in [0.1, 0.15) is 12.5 Å². The van der Waals surface area contributed by atoms with Crippen LogP contribution in [0.3, 0.4) is 0 Å². The highest BCUT2D eigenvalue weighted by molar-refractivity contribution is 14.1. The van der Waals surface area contributed by atoms with E-state index in [1.54, 1.807) is 6.20 Å². The van der Waals surface area contributed by atoms with Gasteiger partial charge in [0.1, 0.15) is 6.07 Å². The number of nitrogens with zero attached hydrogens (tertiary/aromatic N) is 2. The summed E-state index contributed by atoms with van der Waals surface area (Å²) in [4.78, 5) is 4.24. The Morgan fingerprint density at radius 3 is 2.94 bits per heavy atom. The number of fused-ring (bicyclic) bond motifs is 1. The molecule has 1 heterocycles. The van der Waals surface area contributed by atoms with Crippen LogP contribution < -0.4 is 5.32 Å². The van der Waals surface area contributed by atoms with Gasteiger partial charge in [-0.25, -0.2) is 0 Å². The smallest absolute Gasteiger partial charge is 0.103 e. The van der Waals surface area contributed by atoms with Crippen LogP contribution >= 0.6 is 34.2 Å². The van der Waals surface area contributed by atoms with E-state index >= 15 is 0 Å². The molecule has 0 amide bonds. The molecule has 5 heteroatoms. The van der Waals surface area contributed by atoms with Crippen LogP contribution in [0.5, 0.6) is 0 Å². The second kappa shape index (κ2) is 5.07. The number of anilines is 1. The molecule has 3 nitrogen and oxygen atoms in total. The number of halogens is 2. The van der Waals surface area contributed by atoms with E-state index in [0.29, 0.717) is 10.6 Å². The molecule has 0 atom stereocenters. The van der Waals surface area contributed by atoms with Crippen molar-refractivity contribution in [1.29, 1.82) is 5.26 Å². The van der Waals surface area contributed by atoms with Crippen LogP contribution in [0.2, 0.25) is 5.02 Å². The number of benzene rings is 1. The van der Waals surface area contributed by atoms with Crippen molar-refractivity contribution < 1.29 is 0 Å². The lowest BCUT2D eigenvalue weighted by molar-refractivity contribution is 1.21. The van der Waals surface area contributed by atoms with Crippen molar-refractivity contribution in [1.82, 2.24) is 4.98 Å². The molecular weight excluding hydrogens is 349 g/mol. The van der Waals surface area contributed by atoms with Gasteiger partial charge in [0.25, 0.3) is 0 Å². The third kappa shape index (κ3) is 2.31. The lowest BCUT2D eigenvalue weighted by atomic mass is 10.1. The summed E-state index contributed by atoms with van der Waals surface area (Å²) in [5, 5.41) is 13.8. The average Bonchev–Trinajstić information content (AvgIpc) is 2.30. The number of hydrogen-bond acceptors (Lipinski definition) is 3. The van der Waals surface area contributed by atoms with Gasteiger partial charge in [0, 0.05) is 21.7 Å². The molecule has 0 unspecified atom stereocenters. The maximum absolute atomic E-state index is 9.08. The van der Waals surface area contributed by atoms with Crippen LogP contribution in [0.15, 0.2) is 18.3 Å². The number of aromatic nitrogens is 1. The van der Waals surface area contributed by atoms with E-state index in [1.807, 2.05) is 19.1 Å². The number of hydrogen-bond donors (Lipinski definition) is 1. The van der Waals surface area contributed by atoms with Gasteiger partial charge in [0.15, 0.2) is 0 Å². The Morgan fingerprint density at radius 2 is 2.29 bits per heavy atom. The highest BCUT2D eigenvalue weighted by Crippen LogP contribution is 2.31. The first-order chi connectivity index (χ1) is 8.17. The topological polar surface area (TPSA) is 48.7 Å². The van der Waals surface area contributed by atoms with E-state index in [0.717, 1.165) is 26.7 Å². The Balaban J connectivity index is 2.84. The van der Waals surface area contributed by atoms with E-state index in [1.165, 1.54) is 0 Å². The van der Waals surface area contributed by atoms with Gasteiger partial charge in [-0.05, 0) is 41.6 Å². The fraction of sp³-hybridized carbons (Fsp3) is 0.167. The number of nitrogens with one attached hydrogen (secondary N) is 1. The number of rotatable bonds is 2. The fourth-order valence-corrected chi connectivity index (χ4v) is 2.75. The van der Waals surface area contributed by atoms with E-state index in [2.05, 4.69) is 39.0 Å². The third-order valence-electron chi connectivity index (χ3n) is 2.36. The summed E-state index contributed by atoms with van der Waals surface area (Å²) in [7, 11) is 0. The van der Waals surface area contributed by atoms with Crippen LogP contribution in [0, 0.1) is 14.9 Å². The number of nitriles is 1. The molecule has 0 aliphatic rings. The first kappa shape index (κ1) is 12.4. The first-order valence-electron chi connectivity index (χ1n) is 5.09. The van der Waals surface area contributed by atoms with Crippen LogP contribution in [0.25, 0.3) is 10.9 Å². The van der Waals surface area contributed by atoms with E-state index in [4.69, 9.17) is 16.9 Å². The van der Waals surface area contributed by atoms with Gasteiger partial charge in [-0.3, -0.25) is 4.98 Å². The van der Waals surface area contributed by atoms with Crippen molar-refractivity contribution in [3.8, 4) is 6.07 Å². The van der Waals surface area contributed by atoms with Crippen molar-refractivity contribution >= 4 is 50.8 Å². The van der Waals surface area contributed by atoms with Gasteiger partial charge in [0.05, 0.1) is 21.8 Å². The summed E-state index contributed by atoms with van der Waals surface area (Å²) in [5.74, 6) is 0. The molecule has 1 aromatic heterocycles. The van der Waals surface area contributed by atoms with Crippen LogP contribution in [0.4, 0.5) is 5.69 Å². The van der Waals surface area contributed by atoms with Gasteiger partial charge < -0.3 is 5.32 Å². The predicted molar refractivity (Wildman–Crippen MR) is 78.3 cm³/mol. The minimum Gasteiger partial charge on any atom is -0.384 e. The average molecular weight is 358 g/mol. The van der Waals surface area contributed by atoms with E-state index < -0.39 is 0 Å². The lowest BCUT2D eigenvalue weighted by Crippen LogP contribution is -2.01. The molecular formula is C12H9ClIN3. The molecule has 86 valence electrons. The summed E-state index contributed by atoms with van der Waals surface area (Å²) in [6.07, 6.45) is 1.55. The van der Waals surface area contributed by atoms with Crippen molar-refractivity contribution in [3.05, 3.63) is 32.5 Å². The van der Waals surface area contributed by atoms with Gasteiger partial charge in [0.2, 0.25) is 0 Å². The zero-order valence-corrected chi connectivity index (χ0v) is 12.0. The largest absolute Gasteiger partial charge is 0.384 e. The second-order valence-electron chi connectivity index (χ2n) is 3.47. The molecule has 0 fully saturated rings. The summed E-state index contributed by atoms with van der Waals surface area (Å²) in [6.45, 7) is 2.74. The molecule has 0 saturated heterocycles. The summed E-state index contributed by atoms with van der Waals surface area (Å²) >= 11 is 8.35. The fourth-order valence-electron chi connectivity index (χ4n) is 1.68. The van der Waals surface area contributed by atoms with Crippen molar-refractivity contribution in [2.45, 2.75) is 6.92 Å². The Hall–Kier alpha value is -1.06. The molecule has 2 aromatic rings. The highest BCUT2D eigenvalue weighted by atomic mass is 127. The van der Waals surface area contributed by atoms with Gasteiger partial charge in [-0.15, -0.1) is 0 Å². The van der Waals surface area contributed by atoms with Crippen LogP contribution in [-0.2, 0) is 0 Å². The molecule has 2 rings (SSSR count). The molecule has 0 aliphatic carbocycles. The molecule has 0 radical (unpaired) electrons. The normalized spacial score (nSPS) is 10.2. The zero-order valence-electron chi connectivity index (χ0n) is 9.09. The first-order valence-corrected chi connectivity index (χ1v) is 6.54. The molecule has 1 aromatic carbocycles. The highest BCUT2D eigenvalue weighted by Gasteiger charge is 2.11. The minimum atomic E-state index is 0.539. The third-order valence-corrected chi connectivity index (χ3v) is 3.27. The summed E-state index contributed by atoms with van der Waals surface area (Å²) < 4.78 is 1.02. The second-order valence-corrected chi connectivity index (χ2v) is 5.13. The van der Waals surface area contributed by atoms with Gasteiger partial charge in [-0.1, -0.05) is 11.6 Å². The molecule has 0 bridgehead atoms. The Labute approximate surface area is 118 Å². The monoisotopic (exact) mass is 357 g/mol. The van der Waals surface area contributed by atoms with Crippen molar-refractivity contribution in [3.63, 3.8) is 0 Å².